The summed E-state index contributed by atoms with van der Waals surface area (Å²) in [7, 11) is -5.57. The Morgan fingerprint density at radius 1 is 1.16 bits per heavy atom. The third-order valence-electron chi connectivity index (χ3n) is 5.87. The van der Waals surface area contributed by atoms with E-state index in [4.69, 9.17) is 4.55 Å². The van der Waals surface area contributed by atoms with Crippen LogP contribution in [0, 0.1) is 17.8 Å². The molecule has 4 saturated carbocycles. The maximum atomic E-state index is 13.0. The van der Waals surface area contributed by atoms with Gasteiger partial charge in [-0.2, -0.15) is 17.2 Å². The standard InChI is InChI=1S/C16H25F2NO5S/c17-16(18,25(21,22)23)10-24-14(20)2-1-3-19-15-7-11-4-12(8-15)6-13(5-11)9-15/h11-13,19H,1-10H2,(H,21,22,23). The Labute approximate surface area is 146 Å². The van der Waals surface area contributed by atoms with Gasteiger partial charge in [0.1, 0.15) is 0 Å². The highest BCUT2D eigenvalue weighted by Gasteiger charge is 2.50. The number of carbonyl (C=O) groups is 1. The third-order valence-corrected chi connectivity index (χ3v) is 6.75. The van der Waals surface area contributed by atoms with E-state index < -0.39 is 27.9 Å². The van der Waals surface area contributed by atoms with E-state index in [0.29, 0.717) is 13.0 Å². The summed E-state index contributed by atoms with van der Waals surface area (Å²) in [4.78, 5) is 11.5. The molecule has 0 aliphatic heterocycles. The van der Waals surface area contributed by atoms with Crippen LogP contribution in [0.25, 0.3) is 0 Å². The first-order valence-electron chi connectivity index (χ1n) is 8.84. The van der Waals surface area contributed by atoms with Gasteiger partial charge in [-0.05, 0) is 69.2 Å². The molecule has 6 nitrogen and oxygen atoms in total. The quantitative estimate of drug-likeness (QED) is 0.381. The first kappa shape index (κ1) is 19.0. The highest BCUT2D eigenvalue weighted by Crippen LogP contribution is 2.55. The summed E-state index contributed by atoms with van der Waals surface area (Å²) in [6, 6.07) is 0. The number of esters is 1. The lowest BCUT2D eigenvalue weighted by molar-refractivity contribution is -0.149. The van der Waals surface area contributed by atoms with Crippen molar-refractivity contribution in [1.29, 1.82) is 0 Å². The van der Waals surface area contributed by atoms with Crippen molar-refractivity contribution in [3.8, 4) is 0 Å². The highest BCUT2D eigenvalue weighted by atomic mass is 32.2. The first-order chi connectivity index (χ1) is 11.6. The maximum Gasteiger partial charge on any atom is 0.402 e. The zero-order chi connectivity index (χ0) is 18.3. The minimum atomic E-state index is -5.57. The molecule has 0 spiro atoms. The first-order valence-corrected chi connectivity index (χ1v) is 10.3. The van der Waals surface area contributed by atoms with Crippen LogP contribution < -0.4 is 5.32 Å². The SMILES string of the molecule is O=C(CCCNC12CC3CC(CC(C3)C1)C2)OCC(F)(F)S(=O)(=O)O. The summed E-state index contributed by atoms with van der Waals surface area (Å²) in [5, 5.41) is -0.885. The second kappa shape index (κ2) is 6.74. The van der Waals surface area contributed by atoms with Crippen molar-refractivity contribution < 1.29 is 31.3 Å². The van der Waals surface area contributed by atoms with Crippen LogP contribution in [0.1, 0.15) is 51.4 Å². The fourth-order valence-corrected chi connectivity index (χ4v) is 5.43. The Morgan fingerprint density at radius 2 is 1.68 bits per heavy atom. The van der Waals surface area contributed by atoms with Gasteiger partial charge >= 0.3 is 21.3 Å². The molecule has 144 valence electrons. The average Bonchev–Trinajstić information content (AvgIpc) is 2.47. The zero-order valence-corrected chi connectivity index (χ0v) is 14.9. The van der Waals surface area contributed by atoms with Crippen molar-refractivity contribution in [2.75, 3.05) is 13.2 Å². The molecule has 0 unspecified atom stereocenters. The minimum absolute atomic E-state index is 0.0685. The number of hydrogen-bond acceptors (Lipinski definition) is 5. The number of ether oxygens (including phenoxy) is 1. The topological polar surface area (TPSA) is 92.7 Å². The summed E-state index contributed by atoms with van der Waals surface area (Å²) in [5.41, 5.74) is 0.177. The number of halogens is 2. The Hall–Kier alpha value is -0.800. The van der Waals surface area contributed by atoms with Crippen LogP contribution in [0.3, 0.4) is 0 Å². The smallest absolute Gasteiger partial charge is 0.402 e. The van der Waals surface area contributed by atoms with Gasteiger partial charge in [0.25, 0.3) is 0 Å². The van der Waals surface area contributed by atoms with E-state index in [1.165, 1.54) is 38.5 Å². The van der Waals surface area contributed by atoms with Gasteiger partial charge in [-0.3, -0.25) is 9.35 Å². The van der Waals surface area contributed by atoms with Crippen molar-refractivity contribution in [2.24, 2.45) is 17.8 Å². The minimum Gasteiger partial charge on any atom is -0.458 e. The van der Waals surface area contributed by atoms with Crippen molar-refractivity contribution in [3.05, 3.63) is 0 Å². The molecule has 4 aliphatic rings. The lowest BCUT2D eigenvalue weighted by Gasteiger charge is -2.57. The summed E-state index contributed by atoms with van der Waals surface area (Å²) in [5.74, 6) is 1.54. The fourth-order valence-electron chi connectivity index (χ4n) is 5.22. The molecule has 0 aromatic heterocycles. The Bertz CT molecular complexity index is 587. The molecule has 0 heterocycles. The van der Waals surface area contributed by atoms with Gasteiger partial charge in [-0.1, -0.05) is 0 Å². The summed E-state index contributed by atoms with van der Waals surface area (Å²) >= 11 is 0. The molecule has 4 fully saturated rings. The van der Waals surface area contributed by atoms with E-state index in [-0.39, 0.29) is 12.0 Å². The Kier molecular flexibility index (Phi) is 5.11. The zero-order valence-electron chi connectivity index (χ0n) is 14.0. The van der Waals surface area contributed by atoms with Crippen LogP contribution in [0.15, 0.2) is 0 Å². The van der Waals surface area contributed by atoms with E-state index in [2.05, 4.69) is 10.1 Å². The van der Waals surface area contributed by atoms with Crippen LogP contribution >= 0.6 is 0 Å². The molecule has 0 aromatic rings. The third kappa shape index (κ3) is 4.31. The maximum absolute atomic E-state index is 13.0. The molecule has 9 heteroatoms. The second-order valence-electron chi connectivity index (χ2n) is 8.00. The van der Waals surface area contributed by atoms with Gasteiger partial charge in [-0.15, -0.1) is 0 Å². The van der Waals surface area contributed by atoms with E-state index >= 15 is 0 Å². The fraction of sp³-hybridized carbons (Fsp3) is 0.938. The molecule has 0 atom stereocenters. The summed E-state index contributed by atoms with van der Waals surface area (Å²) in [6.45, 7) is -1.05. The normalized spacial score (nSPS) is 34.3. The van der Waals surface area contributed by atoms with Crippen LogP contribution in [-0.2, 0) is 19.6 Å². The lowest BCUT2D eigenvalue weighted by Crippen LogP contribution is -2.58. The van der Waals surface area contributed by atoms with E-state index in [1.54, 1.807) is 0 Å². The van der Waals surface area contributed by atoms with E-state index in [1.807, 2.05) is 0 Å². The molecule has 4 aliphatic carbocycles. The predicted molar refractivity (Wildman–Crippen MR) is 85.6 cm³/mol. The molecular weight excluding hydrogens is 356 g/mol. The molecular formula is C16H25F2NO5S. The summed E-state index contributed by atoms with van der Waals surface area (Å²) < 4.78 is 59.4. The Balaban J connectivity index is 1.37. The molecule has 4 rings (SSSR count). The van der Waals surface area contributed by atoms with Crippen molar-refractivity contribution in [1.82, 2.24) is 5.32 Å². The van der Waals surface area contributed by atoms with Crippen LogP contribution in [0.2, 0.25) is 0 Å². The van der Waals surface area contributed by atoms with Gasteiger partial charge in [0.2, 0.25) is 0 Å². The number of hydrogen-bond donors (Lipinski definition) is 2. The Morgan fingerprint density at radius 3 is 2.16 bits per heavy atom. The van der Waals surface area contributed by atoms with Crippen LogP contribution in [0.4, 0.5) is 8.78 Å². The predicted octanol–water partition coefficient (Wildman–Crippen LogP) is 2.35. The van der Waals surface area contributed by atoms with Gasteiger partial charge in [0, 0.05) is 12.0 Å². The monoisotopic (exact) mass is 381 g/mol. The van der Waals surface area contributed by atoms with Crippen LogP contribution in [-0.4, -0.2) is 42.9 Å². The number of carbonyl (C=O) groups excluding carboxylic acids is 1. The highest BCUT2D eigenvalue weighted by molar-refractivity contribution is 7.86. The van der Waals surface area contributed by atoms with Crippen molar-refractivity contribution in [3.63, 3.8) is 0 Å². The van der Waals surface area contributed by atoms with Crippen molar-refractivity contribution >= 4 is 16.1 Å². The largest absolute Gasteiger partial charge is 0.458 e. The van der Waals surface area contributed by atoms with Crippen molar-refractivity contribution in [2.45, 2.75) is 62.2 Å². The van der Waals surface area contributed by atoms with E-state index in [0.717, 1.165) is 17.8 Å². The van der Waals surface area contributed by atoms with Gasteiger partial charge in [-0.25, -0.2) is 0 Å². The average molecular weight is 381 g/mol. The van der Waals surface area contributed by atoms with Gasteiger partial charge < -0.3 is 10.1 Å². The molecule has 0 amide bonds. The number of rotatable bonds is 8. The summed E-state index contributed by atoms with van der Waals surface area (Å²) in [6.07, 6.45) is 7.96. The molecule has 2 N–H and O–H groups in total. The van der Waals surface area contributed by atoms with Crippen LogP contribution in [0.5, 0.6) is 0 Å². The van der Waals surface area contributed by atoms with Gasteiger partial charge in [0.05, 0.1) is 0 Å². The number of nitrogens with one attached hydrogen (secondary N) is 1. The van der Waals surface area contributed by atoms with Gasteiger partial charge in [0.15, 0.2) is 6.61 Å². The lowest BCUT2D eigenvalue weighted by atomic mass is 9.53. The molecule has 0 saturated heterocycles. The molecule has 4 bridgehead atoms. The van der Waals surface area contributed by atoms with E-state index in [9.17, 15) is 22.0 Å². The molecule has 25 heavy (non-hydrogen) atoms. The molecule has 0 aromatic carbocycles. The number of alkyl halides is 2. The molecule has 0 radical (unpaired) electrons. The second-order valence-corrected chi connectivity index (χ2v) is 9.55.